The Morgan fingerprint density at radius 1 is 1.09 bits per heavy atom. The van der Waals surface area contributed by atoms with Crippen LogP contribution in [0.4, 0.5) is 0 Å². The molecule has 1 aromatic rings. The number of likely N-dealkylation sites (tertiary alicyclic amines) is 1. The Hall–Kier alpha value is -1.35. The van der Waals surface area contributed by atoms with Gasteiger partial charge in [-0.1, -0.05) is 31.6 Å². The van der Waals surface area contributed by atoms with Crippen LogP contribution in [0.1, 0.15) is 64.7 Å². The molecule has 0 spiro atoms. The lowest BCUT2D eigenvalue weighted by Gasteiger charge is -2.18. The van der Waals surface area contributed by atoms with Gasteiger partial charge in [0.15, 0.2) is 0 Å². The zero-order valence-corrected chi connectivity index (χ0v) is 15.2. The maximum atomic E-state index is 4.37. The molecular formula is C19H33N3. The molecule has 2 heterocycles. The van der Waals surface area contributed by atoms with Crippen LogP contribution < -0.4 is 0 Å². The van der Waals surface area contributed by atoms with E-state index in [4.69, 9.17) is 0 Å². The molecule has 0 amide bonds. The number of H-pyrrole nitrogens is 1. The molecule has 2 aliphatic rings. The average Bonchev–Trinajstić information content (AvgIpc) is 3.12. The minimum absolute atomic E-state index is 0.775. The second-order valence-corrected chi connectivity index (χ2v) is 6.01. The molecule has 22 heavy (non-hydrogen) atoms. The monoisotopic (exact) mass is 303 g/mol. The van der Waals surface area contributed by atoms with Crippen LogP contribution in [0.25, 0.3) is 6.08 Å². The Morgan fingerprint density at radius 3 is 2.27 bits per heavy atom. The van der Waals surface area contributed by atoms with E-state index in [1.807, 2.05) is 20.8 Å². The molecule has 3 nitrogen and oxygen atoms in total. The molecule has 0 bridgehead atoms. The van der Waals surface area contributed by atoms with Gasteiger partial charge in [0.1, 0.15) is 5.82 Å². The molecule has 1 aliphatic carbocycles. The standard InChI is InChI=1S/C10H12N2.C7H15N.C2H6/c1-7-3-5-9-10(6-4-7)12-8(2)11-9;1-7(2)8-5-3-4-6-8;1-2/h3-5H,6H2,1-2H3,(H,11,12);7H,3-6H2,1-2H3;1-2H3. The summed E-state index contributed by atoms with van der Waals surface area (Å²) in [5.74, 6) is 0.998. The topological polar surface area (TPSA) is 31.9 Å². The summed E-state index contributed by atoms with van der Waals surface area (Å²) < 4.78 is 0. The first-order valence-electron chi connectivity index (χ1n) is 8.70. The molecule has 1 saturated heterocycles. The number of imidazole rings is 1. The zero-order chi connectivity index (χ0) is 16.5. The van der Waals surface area contributed by atoms with Crippen molar-refractivity contribution in [1.29, 1.82) is 0 Å². The maximum Gasteiger partial charge on any atom is 0.103 e. The molecular weight excluding hydrogens is 270 g/mol. The van der Waals surface area contributed by atoms with Crippen LogP contribution >= 0.6 is 0 Å². The van der Waals surface area contributed by atoms with Gasteiger partial charge in [-0.25, -0.2) is 4.98 Å². The fraction of sp³-hybridized carbons (Fsp3) is 0.632. The molecule has 0 atom stereocenters. The third-order valence-electron chi connectivity index (χ3n) is 3.93. The highest BCUT2D eigenvalue weighted by Crippen LogP contribution is 2.15. The highest BCUT2D eigenvalue weighted by atomic mass is 15.2. The fourth-order valence-corrected chi connectivity index (χ4v) is 2.65. The molecule has 124 valence electrons. The van der Waals surface area contributed by atoms with E-state index < -0.39 is 0 Å². The van der Waals surface area contributed by atoms with Crippen LogP contribution in [0.3, 0.4) is 0 Å². The molecule has 0 saturated carbocycles. The number of allylic oxidation sites excluding steroid dienone is 3. The predicted octanol–water partition coefficient (Wildman–Crippen LogP) is 4.75. The van der Waals surface area contributed by atoms with Crippen LogP contribution in [0.15, 0.2) is 17.7 Å². The van der Waals surface area contributed by atoms with Crippen LogP contribution in [0, 0.1) is 6.92 Å². The second-order valence-electron chi connectivity index (χ2n) is 6.01. The van der Waals surface area contributed by atoms with Gasteiger partial charge in [-0.15, -0.1) is 0 Å². The van der Waals surface area contributed by atoms with E-state index in [-0.39, 0.29) is 0 Å². The lowest BCUT2D eigenvalue weighted by molar-refractivity contribution is 0.276. The van der Waals surface area contributed by atoms with Gasteiger partial charge in [-0.2, -0.15) is 0 Å². The summed E-state index contributed by atoms with van der Waals surface area (Å²) >= 11 is 0. The highest BCUT2D eigenvalue weighted by molar-refractivity contribution is 5.54. The third-order valence-corrected chi connectivity index (χ3v) is 3.93. The first kappa shape index (κ1) is 18.7. The van der Waals surface area contributed by atoms with Crippen molar-refractivity contribution in [3.63, 3.8) is 0 Å². The molecule has 3 heteroatoms. The molecule has 1 fully saturated rings. The number of aromatic amines is 1. The normalized spacial score (nSPS) is 17.0. The van der Waals surface area contributed by atoms with E-state index in [0.717, 1.165) is 24.0 Å². The number of fused-ring (bicyclic) bond motifs is 1. The van der Waals surface area contributed by atoms with Gasteiger partial charge in [0.05, 0.1) is 5.69 Å². The van der Waals surface area contributed by atoms with E-state index in [9.17, 15) is 0 Å². The maximum absolute atomic E-state index is 4.37. The van der Waals surface area contributed by atoms with Crippen LogP contribution in [0.5, 0.6) is 0 Å². The molecule has 1 N–H and O–H groups in total. The summed E-state index contributed by atoms with van der Waals surface area (Å²) in [4.78, 5) is 10.1. The summed E-state index contributed by atoms with van der Waals surface area (Å²) in [6, 6.07) is 0.775. The van der Waals surface area contributed by atoms with Gasteiger partial charge < -0.3 is 9.88 Å². The summed E-state index contributed by atoms with van der Waals surface area (Å²) in [5.41, 5.74) is 3.61. The smallest absolute Gasteiger partial charge is 0.103 e. The lowest BCUT2D eigenvalue weighted by Crippen LogP contribution is -2.26. The average molecular weight is 303 g/mol. The van der Waals surface area contributed by atoms with Crippen LogP contribution in [-0.4, -0.2) is 34.0 Å². The minimum atomic E-state index is 0.775. The quantitative estimate of drug-likeness (QED) is 0.812. The second kappa shape index (κ2) is 9.62. The highest BCUT2D eigenvalue weighted by Gasteiger charge is 2.13. The van der Waals surface area contributed by atoms with Gasteiger partial charge >= 0.3 is 0 Å². The van der Waals surface area contributed by atoms with E-state index >= 15 is 0 Å². The Balaban J connectivity index is 0.000000211. The van der Waals surface area contributed by atoms with Crippen molar-refractivity contribution in [3.05, 3.63) is 34.9 Å². The van der Waals surface area contributed by atoms with Crippen LogP contribution in [0.2, 0.25) is 0 Å². The first-order chi connectivity index (χ1) is 10.6. The van der Waals surface area contributed by atoms with Gasteiger partial charge in [0.25, 0.3) is 0 Å². The summed E-state index contributed by atoms with van der Waals surface area (Å²) in [6.07, 6.45) is 10.2. The lowest BCUT2D eigenvalue weighted by atomic mass is 10.2. The largest absolute Gasteiger partial charge is 0.345 e. The van der Waals surface area contributed by atoms with Crippen molar-refractivity contribution in [2.75, 3.05) is 13.1 Å². The number of aromatic nitrogens is 2. The molecule has 0 unspecified atom stereocenters. The van der Waals surface area contributed by atoms with Gasteiger partial charge in [0, 0.05) is 18.2 Å². The van der Waals surface area contributed by atoms with Gasteiger partial charge in [-0.05, 0) is 59.7 Å². The summed E-state index contributed by atoms with van der Waals surface area (Å²) in [7, 11) is 0. The summed E-state index contributed by atoms with van der Waals surface area (Å²) in [5, 5.41) is 0. The van der Waals surface area contributed by atoms with Crippen molar-refractivity contribution < 1.29 is 0 Å². The molecule has 1 aromatic heterocycles. The predicted molar refractivity (Wildman–Crippen MR) is 97.1 cm³/mol. The molecule has 0 radical (unpaired) electrons. The minimum Gasteiger partial charge on any atom is -0.345 e. The van der Waals surface area contributed by atoms with Gasteiger partial charge in [-0.3, -0.25) is 0 Å². The number of nitrogens with one attached hydrogen (secondary N) is 1. The number of nitrogens with zero attached hydrogens (tertiary/aromatic N) is 2. The Bertz CT molecular complexity index is 489. The third kappa shape index (κ3) is 5.80. The van der Waals surface area contributed by atoms with Gasteiger partial charge in [0.2, 0.25) is 0 Å². The Labute approximate surface area is 136 Å². The van der Waals surface area contributed by atoms with E-state index in [1.54, 1.807) is 0 Å². The zero-order valence-electron chi connectivity index (χ0n) is 15.2. The van der Waals surface area contributed by atoms with E-state index in [0.29, 0.717) is 0 Å². The summed E-state index contributed by atoms with van der Waals surface area (Å²) in [6.45, 7) is 15.3. The number of hydrogen-bond acceptors (Lipinski definition) is 2. The Kier molecular flexibility index (Phi) is 8.18. The number of hydrogen-bond donors (Lipinski definition) is 1. The number of rotatable bonds is 1. The number of aryl methyl sites for hydroxylation is 1. The van der Waals surface area contributed by atoms with Crippen molar-refractivity contribution in [1.82, 2.24) is 14.9 Å². The van der Waals surface area contributed by atoms with Crippen molar-refractivity contribution in [2.45, 2.75) is 66.8 Å². The SMILES string of the molecule is CC.CC(C)N1CCCC1.CC1=CCc2[nH]c(C)nc2C=C1. The van der Waals surface area contributed by atoms with E-state index in [1.165, 1.54) is 37.2 Å². The van der Waals surface area contributed by atoms with Crippen molar-refractivity contribution in [3.8, 4) is 0 Å². The molecule has 1 aliphatic heterocycles. The van der Waals surface area contributed by atoms with Crippen molar-refractivity contribution >= 4 is 6.08 Å². The molecule has 3 rings (SSSR count). The van der Waals surface area contributed by atoms with E-state index in [2.05, 4.69) is 53.9 Å². The Morgan fingerprint density at radius 2 is 1.73 bits per heavy atom. The molecule has 0 aromatic carbocycles. The first-order valence-corrected chi connectivity index (χ1v) is 8.70. The fourth-order valence-electron chi connectivity index (χ4n) is 2.65. The van der Waals surface area contributed by atoms with Crippen molar-refractivity contribution in [2.24, 2.45) is 0 Å². The van der Waals surface area contributed by atoms with Crippen LogP contribution in [-0.2, 0) is 6.42 Å².